The maximum absolute atomic E-state index is 5.16. The number of benzene rings is 1. The van der Waals surface area contributed by atoms with Gasteiger partial charge in [-0.2, -0.15) is 15.0 Å². The predicted molar refractivity (Wildman–Crippen MR) is 75.2 cm³/mol. The Morgan fingerprint density at radius 2 is 1.58 bits per heavy atom. The molecule has 0 aliphatic rings. The zero-order valence-corrected chi connectivity index (χ0v) is 11.1. The van der Waals surface area contributed by atoms with E-state index in [-0.39, 0.29) is 0 Å². The molecule has 0 radical (unpaired) electrons. The van der Waals surface area contributed by atoms with Crippen LogP contribution in [0.3, 0.4) is 0 Å². The molecule has 0 saturated heterocycles. The Morgan fingerprint density at radius 3 is 2.16 bits per heavy atom. The van der Waals surface area contributed by atoms with Crippen molar-refractivity contribution in [1.29, 1.82) is 0 Å². The van der Waals surface area contributed by atoms with Crippen LogP contribution in [-0.4, -0.2) is 36.2 Å². The van der Waals surface area contributed by atoms with E-state index < -0.39 is 0 Å². The van der Waals surface area contributed by atoms with Crippen LogP contribution in [0.5, 0.6) is 5.75 Å². The number of ether oxygens (including phenoxy) is 1. The molecule has 2 rings (SSSR count). The average Bonchev–Trinajstić information content (AvgIpc) is 2.47. The second-order valence-electron chi connectivity index (χ2n) is 3.66. The minimum Gasteiger partial charge on any atom is -0.497 e. The highest BCUT2D eigenvalue weighted by molar-refractivity contribution is 5.57. The molecule has 3 N–H and O–H groups in total. The highest BCUT2D eigenvalue weighted by Crippen LogP contribution is 2.20. The molecule has 1 aromatic heterocycles. The third kappa shape index (κ3) is 3.21. The highest BCUT2D eigenvalue weighted by atomic mass is 16.5. The normalized spacial score (nSPS) is 9.84. The number of hydrogen-bond acceptors (Lipinski definition) is 7. The number of anilines is 4. The Bertz CT molecular complexity index is 537. The van der Waals surface area contributed by atoms with Crippen molar-refractivity contribution in [2.75, 3.05) is 37.2 Å². The quantitative estimate of drug-likeness (QED) is 0.754. The summed E-state index contributed by atoms with van der Waals surface area (Å²) >= 11 is 0. The van der Waals surface area contributed by atoms with Crippen LogP contribution < -0.4 is 20.7 Å². The third-order valence-electron chi connectivity index (χ3n) is 2.41. The van der Waals surface area contributed by atoms with Crippen LogP contribution in [0.25, 0.3) is 0 Å². The van der Waals surface area contributed by atoms with Crippen molar-refractivity contribution >= 4 is 23.5 Å². The molecule has 100 valence electrons. The van der Waals surface area contributed by atoms with Gasteiger partial charge in [-0.15, -0.1) is 0 Å². The topological polar surface area (TPSA) is 84.0 Å². The predicted octanol–water partition coefficient (Wildman–Crippen LogP) is 1.71. The Labute approximate surface area is 111 Å². The van der Waals surface area contributed by atoms with E-state index in [9.17, 15) is 0 Å². The summed E-state index contributed by atoms with van der Waals surface area (Å²) in [5, 5.41) is 8.87. The largest absolute Gasteiger partial charge is 0.497 e. The molecule has 1 aromatic carbocycles. The third-order valence-corrected chi connectivity index (χ3v) is 2.41. The van der Waals surface area contributed by atoms with Gasteiger partial charge in [-0.25, -0.2) is 0 Å². The molecule has 0 atom stereocenters. The molecule has 0 bridgehead atoms. The molecule has 0 fully saturated rings. The minimum atomic E-state index is 0.456. The first-order valence-corrected chi connectivity index (χ1v) is 5.78. The second kappa shape index (κ2) is 5.85. The first-order chi connectivity index (χ1) is 9.25. The van der Waals surface area contributed by atoms with Crippen LogP contribution in [0.2, 0.25) is 0 Å². The highest BCUT2D eigenvalue weighted by Gasteiger charge is 2.05. The van der Waals surface area contributed by atoms with Crippen LogP contribution in [0.4, 0.5) is 23.5 Å². The van der Waals surface area contributed by atoms with E-state index >= 15 is 0 Å². The van der Waals surface area contributed by atoms with Crippen LogP contribution in [0.15, 0.2) is 24.3 Å². The lowest BCUT2D eigenvalue weighted by Gasteiger charge is -2.09. The van der Waals surface area contributed by atoms with Gasteiger partial charge in [-0.05, 0) is 12.1 Å². The summed E-state index contributed by atoms with van der Waals surface area (Å²) in [7, 11) is 5.13. The molecule has 0 saturated carbocycles. The Morgan fingerprint density at radius 1 is 0.947 bits per heavy atom. The number of nitrogens with zero attached hydrogens (tertiary/aromatic N) is 3. The van der Waals surface area contributed by atoms with Gasteiger partial charge >= 0.3 is 0 Å². The molecule has 0 unspecified atom stereocenters. The lowest BCUT2D eigenvalue weighted by atomic mass is 10.3. The fourth-order valence-electron chi connectivity index (χ4n) is 1.49. The zero-order valence-electron chi connectivity index (χ0n) is 11.1. The summed E-state index contributed by atoms with van der Waals surface area (Å²) < 4.78 is 5.16. The van der Waals surface area contributed by atoms with Gasteiger partial charge in [0.25, 0.3) is 0 Å². The van der Waals surface area contributed by atoms with Crippen LogP contribution in [0, 0.1) is 0 Å². The summed E-state index contributed by atoms with van der Waals surface area (Å²) in [5.74, 6) is 2.20. The lowest BCUT2D eigenvalue weighted by molar-refractivity contribution is 0.415. The van der Waals surface area contributed by atoms with Gasteiger partial charge in [0.05, 0.1) is 7.11 Å². The summed E-state index contributed by atoms with van der Waals surface area (Å²) in [6.45, 7) is 0. The van der Waals surface area contributed by atoms with E-state index in [1.54, 1.807) is 21.2 Å². The van der Waals surface area contributed by atoms with Crippen LogP contribution >= 0.6 is 0 Å². The van der Waals surface area contributed by atoms with Gasteiger partial charge in [0.1, 0.15) is 5.75 Å². The number of rotatable bonds is 5. The van der Waals surface area contributed by atoms with E-state index in [0.29, 0.717) is 17.8 Å². The Kier molecular flexibility index (Phi) is 3.97. The average molecular weight is 260 g/mol. The molecule has 2 aromatic rings. The Balaban J connectivity index is 2.26. The Hall–Kier alpha value is -2.57. The molecule has 7 nitrogen and oxygen atoms in total. The molecular weight excluding hydrogens is 244 g/mol. The number of nitrogens with one attached hydrogen (secondary N) is 3. The van der Waals surface area contributed by atoms with Crippen molar-refractivity contribution in [1.82, 2.24) is 15.0 Å². The van der Waals surface area contributed by atoms with Gasteiger partial charge in [-0.3, -0.25) is 0 Å². The fourth-order valence-corrected chi connectivity index (χ4v) is 1.49. The zero-order chi connectivity index (χ0) is 13.7. The van der Waals surface area contributed by atoms with Crippen molar-refractivity contribution in [2.45, 2.75) is 0 Å². The molecular formula is C12H16N6O. The van der Waals surface area contributed by atoms with Crippen LogP contribution in [0.1, 0.15) is 0 Å². The summed E-state index contributed by atoms with van der Waals surface area (Å²) in [6.07, 6.45) is 0. The van der Waals surface area contributed by atoms with E-state index in [2.05, 4.69) is 30.9 Å². The molecule has 0 aliphatic heterocycles. The minimum absolute atomic E-state index is 0.456. The fraction of sp³-hybridized carbons (Fsp3) is 0.250. The molecule has 0 aliphatic carbocycles. The van der Waals surface area contributed by atoms with Crippen molar-refractivity contribution < 1.29 is 4.74 Å². The maximum atomic E-state index is 5.16. The molecule has 0 spiro atoms. The van der Waals surface area contributed by atoms with E-state index in [0.717, 1.165) is 11.4 Å². The molecule has 0 amide bonds. The first-order valence-electron chi connectivity index (χ1n) is 5.78. The van der Waals surface area contributed by atoms with E-state index in [4.69, 9.17) is 4.74 Å². The second-order valence-corrected chi connectivity index (χ2v) is 3.66. The molecule has 7 heteroatoms. The molecule has 19 heavy (non-hydrogen) atoms. The van der Waals surface area contributed by atoms with Gasteiger partial charge in [0.15, 0.2) is 0 Å². The first kappa shape index (κ1) is 12.9. The number of aromatic nitrogens is 3. The lowest BCUT2D eigenvalue weighted by Crippen LogP contribution is -2.07. The van der Waals surface area contributed by atoms with Gasteiger partial charge in [-0.1, -0.05) is 6.07 Å². The van der Waals surface area contributed by atoms with Crippen molar-refractivity contribution in [3.63, 3.8) is 0 Å². The smallest absolute Gasteiger partial charge is 0.233 e. The SMILES string of the molecule is CNc1nc(NC)nc(Nc2cccc(OC)c2)n1. The standard InChI is InChI=1S/C12H16N6O/c1-13-10-16-11(14-2)18-12(17-10)15-8-5-4-6-9(7-8)19-3/h4-7H,1-3H3,(H3,13,14,15,16,17,18). The summed E-state index contributed by atoms with van der Waals surface area (Å²) in [6, 6.07) is 7.53. The maximum Gasteiger partial charge on any atom is 0.233 e. The van der Waals surface area contributed by atoms with Gasteiger partial charge in [0.2, 0.25) is 17.8 Å². The summed E-state index contributed by atoms with van der Waals surface area (Å²) in [4.78, 5) is 12.6. The van der Waals surface area contributed by atoms with Crippen molar-refractivity contribution in [3.05, 3.63) is 24.3 Å². The van der Waals surface area contributed by atoms with Crippen LogP contribution in [-0.2, 0) is 0 Å². The van der Waals surface area contributed by atoms with Crippen molar-refractivity contribution in [3.8, 4) is 5.75 Å². The van der Waals surface area contributed by atoms with E-state index in [1.807, 2.05) is 24.3 Å². The monoisotopic (exact) mass is 260 g/mol. The van der Waals surface area contributed by atoms with E-state index in [1.165, 1.54) is 0 Å². The van der Waals surface area contributed by atoms with Crippen molar-refractivity contribution in [2.24, 2.45) is 0 Å². The molecule has 1 heterocycles. The van der Waals surface area contributed by atoms with Gasteiger partial charge in [0, 0.05) is 25.8 Å². The number of hydrogen-bond donors (Lipinski definition) is 3. The number of methoxy groups -OCH3 is 1. The van der Waals surface area contributed by atoms with Gasteiger partial charge < -0.3 is 20.7 Å². The summed E-state index contributed by atoms with van der Waals surface area (Å²) in [5.41, 5.74) is 0.842.